The minimum atomic E-state index is 0.634. The third-order valence-corrected chi connectivity index (χ3v) is 5.13. The molecule has 4 heteroatoms. The molecule has 0 saturated heterocycles. The second-order valence-electron chi connectivity index (χ2n) is 6.47. The van der Waals surface area contributed by atoms with Crippen LogP contribution in [0.3, 0.4) is 0 Å². The summed E-state index contributed by atoms with van der Waals surface area (Å²) in [7, 11) is 5.00. The highest BCUT2D eigenvalue weighted by Gasteiger charge is 2.24. The van der Waals surface area contributed by atoms with Crippen LogP contribution in [-0.2, 0) is 6.42 Å². The topological polar surface area (TPSA) is 53.7 Å². The van der Waals surface area contributed by atoms with Gasteiger partial charge in [-0.15, -0.1) is 0 Å². The number of benzene rings is 4. The Morgan fingerprint density at radius 1 is 0.769 bits per heavy atom. The lowest BCUT2D eigenvalue weighted by Crippen LogP contribution is -2.03. The molecule has 0 radical (unpaired) electrons. The van der Waals surface area contributed by atoms with Crippen LogP contribution in [0.15, 0.2) is 36.4 Å². The summed E-state index contributed by atoms with van der Waals surface area (Å²) >= 11 is 0. The van der Waals surface area contributed by atoms with Gasteiger partial charge in [-0.1, -0.05) is 30.3 Å². The van der Waals surface area contributed by atoms with Crippen LogP contribution in [0.4, 0.5) is 0 Å². The first kappa shape index (κ1) is 16.7. The van der Waals surface area contributed by atoms with Gasteiger partial charge in [-0.25, -0.2) is 0 Å². The number of methoxy groups -OCH3 is 3. The Balaban J connectivity index is 2.28. The van der Waals surface area contributed by atoms with Gasteiger partial charge in [-0.05, 0) is 47.2 Å². The maximum Gasteiger partial charge on any atom is 0.204 e. The average Bonchev–Trinajstić information content (AvgIpc) is 2.69. The van der Waals surface area contributed by atoms with Crippen molar-refractivity contribution < 1.29 is 14.2 Å². The molecule has 0 spiro atoms. The highest BCUT2D eigenvalue weighted by molar-refractivity contribution is 6.27. The Labute approximate surface area is 152 Å². The molecule has 4 nitrogen and oxygen atoms in total. The summed E-state index contributed by atoms with van der Waals surface area (Å²) < 4.78 is 17.2. The number of aryl methyl sites for hydroxylation is 1. The van der Waals surface area contributed by atoms with Crippen molar-refractivity contribution in [2.24, 2.45) is 5.73 Å². The lowest BCUT2D eigenvalue weighted by molar-refractivity contribution is 0.329. The summed E-state index contributed by atoms with van der Waals surface area (Å²) in [5.41, 5.74) is 7.01. The van der Waals surface area contributed by atoms with Crippen LogP contribution in [0.5, 0.6) is 17.2 Å². The number of rotatable bonds is 6. The molecule has 0 amide bonds. The van der Waals surface area contributed by atoms with Crippen molar-refractivity contribution in [2.45, 2.75) is 12.8 Å². The number of hydrogen-bond acceptors (Lipinski definition) is 4. The molecule has 0 unspecified atom stereocenters. The number of ether oxygens (including phenoxy) is 3. The molecule has 26 heavy (non-hydrogen) atoms. The summed E-state index contributed by atoms with van der Waals surface area (Å²) in [5, 5.41) is 6.97. The standard InChI is InChI=1S/C22H23NO3/c1-24-20-16-10-9-13-6-4-7-14-12-15(8-5-11-23)18(19(16)17(13)14)21(25-2)22(20)26-3/h4,6-7,9-10,12H,5,8,11,23H2,1-3H3. The molecule has 0 aromatic heterocycles. The van der Waals surface area contributed by atoms with Crippen LogP contribution < -0.4 is 19.9 Å². The summed E-state index contributed by atoms with van der Waals surface area (Å²) in [6.45, 7) is 0.655. The van der Waals surface area contributed by atoms with Crippen molar-refractivity contribution in [2.75, 3.05) is 27.9 Å². The van der Waals surface area contributed by atoms with Gasteiger partial charge in [0.15, 0.2) is 11.5 Å². The first-order valence-electron chi connectivity index (χ1n) is 8.83. The lowest BCUT2D eigenvalue weighted by Gasteiger charge is -2.21. The first-order valence-corrected chi connectivity index (χ1v) is 8.83. The molecule has 0 saturated carbocycles. The maximum atomic E-state index is 5.82. The van der Waals surface area contributed by atoms with Gasteiger partial charge >= 0.3 is 0 Å². The molecular weight excluding hydrogens is 326 g/mol. The molecular formula is C22H23NO3. The van der Waals surface area contributed by atoms with E-state index < -0.39 is 0 Å². The zero-order valence-electron chi connectivity index (χ0n) is 15.4. The smallest absolute Gasteiger partial charge is 0.204 e. The van der Waals surface area contributed by atoms with Crippen molar-refractivity contribution >= 4 is 32.3 Å². The van der Waals surface area contributed by atoms with Crippen LogP contribution in [0, 0.1) is 0 Å². The van der Waals surface area contributed by atoms with Gasteiger partial charge < -0.3 is 19.9 Å². The minimum absolute atomic E-state index is 0.634. The van der Waals surface area contributed by atoms with Crippen molar-refractivity contribution in [1.82, 2.24) is 0 Å². The fraction of sp³-hybridized carbons (Fsp3) is 0.273. The van der Waals surface area contributed by atoms with E-state index in [4.69, 9.17) is 19.9 Å². The Bertz CT molecular complexity index is 1090. The molecule has 4 aromatic rings. The summed E-state index contributed by atoms with van der Waals surface area (Å²) in [5.74, 6) is 2.07. The Morgan fingerprint density at radius 2 is 1.50 bits per heavy atom. The Hall–Kier alpha value is -2.72. The van der Waals surface area contributed by atoms with Crippen molar-refractivity contribution in [1.29, 1.82) is 0 Å². The van der Waals surface area contributed by atoms with Crippen LogP contribution >= 0.6 is 0 Å². The molecule has 0 atom stereocenters. The molecule has 4 aromatic carbocycles. The third kappa shape index (κ3) is 2.26. The number of hydrogen-bond donors (Lipinski definition) is 1. The van der Waals surface area contributed by atoms with E-state index in [1.807, 2.05) is 0 Å². The van der Waals surface area contributed by atoms with E-state index in [0.717, 1.165) is 29.4 Å². The second kappa shape index (κ2) is 6.54. The normalized spacial score (nSPS) is 11.5. The summed E-state index contributed by atoms with van der Waals surface area (Å²) in [6, 6.07) is 12.9. The molecule has 2 N–H and O–H groups in total. The van der Waals surface area contributed by atoms with Gasteiger partial charge in [0, 0.05) is 16.2 Å². The molecule has 0 bridgehead atoms. The van der Waals surface area contributed by atoms with E-state index in [2.05, 4.69) is 36.4 Å². The highest BCUT2D eigenvalue weighted by atomic mass is 16.5. The van der Waals surface area contributed by atoms with Crippen LogP contribution in [-0.4, -0.2) is 27.9 Å². The van der Waals surface area contributed by atoms with Gasteiger partial charge in [0.05, 0.1) is 21.3 Å². The monoisotopic (exact) mass is 349 g/mol. The molecule has 0 aliphatic heterocycles. The Kier molecular flexibility index (Phi) is 4.21. The zero-order chi connectivity index (χ0) is 18.3. The SMILES string of the molecule is COc1c(OC)c2ccc3cccc4cc(CCCN)c(c1OC)c2c34. The molecule has 0 aliphatic carbocycles. The van der Waals surface area contributed by atoms with Gasteiger partial charge in [0.2, 0.25) is 5.75 Å². The van der Waals surface area contributed by atoms with E-state index in [0.29, 0.717) is 18.0 Å². The van der Waals surface area contributed by atoms with Gasteiger partial charge in [-0.2, -0.15) is 0 Å². The summed E-state index contributed by atoms with van der Waals surface area (Å²) in [6.07, 6.45) is 1.81. The molecule has 134 valence electrons. The highest BCUT2D eigenvalue weighted by Crippen LogP contribution is 2.51. The average molecular weight is 349 g/mol. The fourth-order valence-electron chi connectivity index (χ4n) is 4.07. The maximum absolute atomic E-state index is 5.82. The zero-order valence-corrected chi connectivity index (χ0v) is 15.4. The van der Waals surface area contributed by atoms with Crippen LogP contribution in [0.2, 0.25) is 0 Å². The van der Waals surface area contributed by atoms with Gasteiger partial charge in [-0.3, -0.25) is 0 Å². The summed E-state index contributed by atoms with van der Waals surface area (Å²) in [4.78, 5) is 0. The van der Waals surface area contributed by atoms with E-state index >= 15 is 0 Å². The predicted molar refractivity (Wildman–Crippen MR) is 107 cm³/mol. The molecule has 0 heterocycles. The Morgan fingerprint density at radius 3 is 2.19 bits per heavy atom. The number of nitrogens with two attached hydrogens (primary N) is 1. The second-order valence-corrected chi connectivity index (χ2v) is 6.47. The quantitative estimate of drug-likeness (QED) is 0.521. The largest absolute Gasteiger partial charge is 0.492 e. The van der Waals surface area contributed by atoms with E-state index in [9.17, 15) is 0 Å². The fourth-order valence-corrected chi connectivity index (χ4v) is 4.07. The van der Waals surface area contributed by atoms with E-state index in [1.54, 1.807) is 21.3 Å². The van der Waals surface area contributed by atoms with E-state index in [1.165, 1.54) is 27.1 Å². The van der Waals surface area contributed by atoms with Crippen LogP contribution in [0.25, 0.3) is 32.3 Å². The molecule has 4 rings (SSSR count). The molecule has 0 fully saturated rings. The molecule has 0 aliphatic rings. The van der Waals surface area contributed by atoms with E-state index in [-0.39, 0.29) is 0 Å². The van der Waals surface area contributed by atoms with Crippen molar-refractivity contribution in [3.63, 3.8) is 0 Å². The minimum Gasteiger partial charge on any atom is -0.492 e. The van der Waals surface area contributed by atoms with Crippen LogP contribution in [0.1, 0.15) is 12.0 Å². The van der Waals surface area contributed by atoms with Crippen molar-refractivity contribution in [3.8, 4) is 17.2 Å². The van der Waals surface area contributed by atoms with Crippen molar-refractivity contribution in [3.05, 3.63) is 42.0 Å². The van der Waals surface area contributed by atoms with Gasteiger partial charge in [0.25, 0.3) is 0 Å². The first-order chi connectivity index (χ1) is 12.7. The predicted octanol–water partition coefficient (Wildman–Crippen LogP) is 4.50. The third-order valence-electron chi connectivity index (χ3n) is 5.13. The van der Waals surface area contributed by atoms with Gasteiger partial charge in [0.1, 0.15) is 0 Å². The lowest BCUT2D eigenvalue weighted by atomic mass is 9.88.